The Morgan fingerprint density at radius 2 is 1.85 bits per heavy atom. The van der Waals surface area contributed by atoms with Gasteiger partial charge in [-0.05, 0) is 32.1 Å². The summed E-state index contributed by atoms with van der Waals surface area (Å²) in [6.07, 6.45) is 2.79. The van der Waals surface area contributed by atoms with Crippen LogP contribution < -0.4 is 0 Å². The van der Waals surface area contributed by atoms with Crippen LogP contribution in [0.1, 0.15) is 19.6 Å². The Balaban J connectivity index is 3.02. The number of carbonyl (C=O) groups is 2. The topological polar surface area (TPSA) is 75.0 Å². The molecule has 0 fully saturated rings. The molecule has 0 radical (unpaired) electrons. The van der Waals surface area contributed by atoms with Crippen molar-refractivity contribution in [1.82, 2.24) is 0 Å². The van der Waals surface area contributed by atoms with Crippen molar-refractivity contribution >= 4 is 17.7 Å². The summed E-state index contributed by atoms with van der Waals surface area (Å²) in [5.41, 5.74) is 0. The quantitative estimate of drug-likeness (QED) is 0.432. The van der Waals surface area contributed by atoms with Crippen molar-refractivity contribution < 1.29 is 28.2 Å². The number of rotatable bonds is 7. The highest BCUT2D eigenvalue weighted by Crippen LogP contribution is 2.19. The lowest BCUT2D eigenvalue weighted by Crippen LogP contribution is -2.26. The maximum Gasteiger partial charge on any atom is 0.324 e. The molecule has 0 saturated heterocycles. The van der Waals surface area contributed by atoms with Gasteiger partial charge in [0.2, 0.25) is 0 Å². The Morgan fingerprint density at radius 1 is 1.25 bits per heavy atom. The first-order chi connectivity index (χ1) is 9.63. The molecule has 1 aromatic rings. The summed E-state index contributed by atoms with van der Waals surface area (Å²) in [4.78, 5) is 23.7. The summed E-state index contributed by atoms with van der Waals surface area (Å²) in [6, 6.07) is 3.33. The fourth-order valence-corrected chi connectivity index (χ4v) is 1.52. The molecule has 0 amide bonds. The van der Waals surface area contributed by atoms with Gasteiger partial charge in [-0.2, -0.15) is 0 Å². The van der Waals surface area contributed by atoms with E-state index in [1.54, 1.807) is 26.0 Å². The summed E-state index contributed by atoms with van der Waals surface area (Å²) in [6.45, 7) is 3.67. The van der Waals surface area contributed by atoms with Crippen LogP contribution in [0.4, 0.5) is 0 Å². The average Bonchev–Trinajstić information content (AvgIpc) is 2.94. The van der Waals surface area contributed by atoms with Crippen molar-refractivity contribution in [2.24, 2.45) is 5.92 Å². The van der Waals surface area contributed by atoms with Gasteiger partial charge in [-0.3, -0.25) is 9.59 Å². The minimum absolute atomic E-state index is 0.172. The maximum atomic E-state index is 11.8. The van der Waals surface area contributed by atoms with Crippen LogP contribution >= 0.6 is 0 Å². The van der Waals surface area contributed by atoms with Gasteiger partial charge < -0.3 is 18.6 Å². The van der Waals surface area contributed by atoms with Crippen molar-refractivity contribution in [3.05, 3.63) is 30.2 Å². The van der Waals surface area contributed by atoms with Gasteiger partial charge in [0.05, 0.1) is 26.6 Å². The summed E-state index contributed by atoms with van der Waals surface area (Å²) >= 11 is 0. The molecular weight excluding hydrogens is 264 g/mol. The zero-order valence-electron chi connectivity index (χ0n) is 11.8. The van der Waals surface area contributed by atoms with Crippen LogP contribution in [0.15, 0.2) is 28.9 Å². The predicted molar refractivity (Wildman–Crippen MR) is 70.5 cm³/mol. The molecule has 0 aliphatic carbocycles. The largest absolute Gasteiger partial charge is 0.493 e. The number of esters is 2. The minimum atomic E-state index is -1.19. The normalized spacial score (nSPS) is 11.3. The van der Waals surface area contributed by atoms with E-state index in [4.69, 9.17) is 18.6 Å². The van der Waals surface area contributed by atoms with Gasteiger partial charge in [-0.1, -0.05) is 0 Å². The lowest BCUT2D eigenvalue weighted by Gasteiger charge is -2.12. The first-order valence-corrected chi connectivity index (χ1v) is 6.26. The Bertz CT molecular complexity index is 442. The molecule has 0 bridgehead atoms. The van der Waals surface area contributed by atoms with Gasteiger partial charge in [0, 0.05) is 0 Å². The second-order valence-electron chi connectivity index (χ2n) is 3.69. The molecule has 6 heteroatoms. The van der Waals surface area contributed by atoms with Crippen LogP contribution in [-0.2, 0) is 23.8 Å². The number of hydrogen-bond acceptors (Lipinski definition) is 6. The van der Waals surface area contributed by atoms with Gasteiger partial charge in [0.1, 0.15) is 0 Å². The van der Waals surface area contributed by atoms with Crippen molar-refractivity contribution in [2.75, 3.05) is 20.3 Å². The third kappa shape index (κ3) is 4.15. The van der Waals surface area contributed by atoms with E-state index >= 15 is 0 Å². The molecule has 20 heavy (non-hydrogen) atoms. The molecule has 110 valence electrons. The molecule has 0 unspecified atom stereocenters. The Kier molecular flexibility index (Phi) is 6.36. The fraction of sp³-hybridized carbons (Fsp3) is 0.429. The van der Waals surface area contributed by atoms with Crippen LogP contribution in [0.2, 0.25) is 0 Å². The molecule has 0 aliphatic heterocycles. The monoisotopic (exact) mass is 282 g/mol. The Morgan fingerprint density at radius 3 is 2.25 bits per heavy atom. The smallest absolute Gasteiger partial charge is 0.324 e. The molecule has 0 aromatic carbocycles. The van der Waals surface area contributed by atoms with Gasteiger partial charge in [0.25, 0.3) is 0 Å². The first kappa shape index (κ1) is 15.8. The number of hydrogen-bond donors (Lipinski definition) is 0. The standard InChI is InChI=1S/C14H18O6/c1-4-18-13(15)10(14(16)19-5-2)9-12(17-3)11-7-6-8-20-11/h6-10H,4-5H2,1-3H3/b12-9-. The molecule has 1 heterocycles. The van der Waals surface area contributed by atoms with Crippen molar-refractivity contribution in [2.45, 2.75) is 13.8 Å². The number of methoxy groups -OCH3 is 1. The first-order valence-electron chi connectivity index (χ1n) is 6.26. The van der Waals surface area contributed by atoms with Crippen LogP contribution in [0, 0.1) is 5.92 Å². The lowest BCUT2D eigenvalue weighted by atomic mass is 10.1. The molecule has 1 rings (SSSR count). The van der Waals surface area contributed by atoms with Gasteiger partial charge in [0.15, 0.2) is 17.4 Å². The summed E-state index contributed by atoms with van der Waals surface area (Å²) in [7, 11) is 1.42. The third-order valence-corrected chi connectivity index (χ3v) is 2.38. The van der Waals surface area contributed by atoms with Crippen LogP contribution in [0.25, 0.3) is 5.76 Å². The fourth-order valence-electron chi connectivity index (χ4n) is 1.52. The molecule has 0 N–H and O–H groups in total. The van der Waals surface area contributed by atoms with Crippen molar-refractivity contribution in [1.29, 1.82) is 0 Å². The molecule has 6 nitrogen and oxygen atoms in total. The van der Waals surface area contributed by atoms with E-state index in [0.717, 1.165) is 0 Å². The summed E-state index contributed by atoms with van der Waals surface area (Å²) in [5.74, 6) is -1.89. The molecule has 0 saturated carbocycles. The van der Waals surface area contributed by atoms with E-state index in [9.17, 15) is 9.59 Å². The zero-order valence-corrected chi connectivity index (χ0v) is 11.8. The van der Waals surface area contributed by atoms with E-state index in [-0.39, 0.29) is 19.0 Å². The lowest BCUT2D eigenvalue weighted by molar-refractivity contribution is -0.158. The Hall–Kier alpha value is -2.24. The van der Waals surface area contributed by atoms with Crippen LogP contribution in [0.5, 0.6) is 0 Å². The van der Waals surface area contributed by atoms with E-state index < -0.39 is 17.9 Å². The van der Waals surface area contributed by atoms with E-state index in [1.807, 2.05) is 0 Å². The predicted octanol–water partition coefficient (Wildman–Crippen LogP) is 2.01. The van der Waals surface area contributed by atoms with E-state index in [1.165, 1.54) is 19.4 Å². The Labute approximate surface area is 117 Å². The molecule has 0 atom stereocenters. The number of carbonyl (C=O) groups excluding carboxylic acids is 2. The highest BCUT2D eigenvalue weighted by Gasteiger charge is 2.29. The second-order valence-corrected chi connectivity index (χ2v) is 3.69. The number of ether oxygens (including phenoxy) is 3. The minimum Gasteiger partial charge on any atom is -0.493 e. The van der Waals surface area contributed by atoms with Crippen molar-refractivity contribution in [3.8, 4) is 0 Å². The van der Waals surface area contributed by atoms with Gasteiger partial charge in [-0.15, -0.1) is 0 Å². The molecule has 0 aliphatic rings. The molecule has 0 spiro atoms. The highest BCUT2D eigenvalue weighted by atomic mass is 16.6. The zero-order chi connectivity index (χ0) is 15.0. The van der Waals surface area contributed by atoms with Crippen LogP contribution in [-0.4, -0.2) is 32.3 Å². The van der Waals surface area contributed by atoms with Gasteiger partial charge >= 0.3 is 11.9 Å². The van der Waals surface area contributed by atoms with Crippen LogP contribution in [0.3, 0.4) is 0 Å². The van der Waals surface area contributed by atoms with E-state index in [2.05, 4.69) is 0 Å². The molecule has 1 aromatic heterocycles. The second kappa shape index (κ2) is 8.04. The van der Waals surface area contributed by atoms with Crippen molar-refractivity contribution in [3.63, 3.8) is 0 Å². The average molecular weight is 282 g/mol. The number of furan rings is 1. The van der Waals surface area contributed by atoms with Gasteiger partial charge in [-0.25, -0.2) is 0 Å². The SMILES string of the molecule is CCOC(=O)C(/C=C(\OC)c1ccco1)C(=O)OCC. The summed E-state index contributed by atoms with van der Waals surface area (Å²) < 4.78 is 20.0. The molecular formula is C14H18O6. The summed E-state index contributed by atoms with van der Waals surface area (Å²) in [5, 5.41) is 0. The maximum absolute atomic E-state index is 11.8. The highest BCUT2D eigenvalue weighted by molar-refractivity contribution is 5.98. The third-order valence-electron chi connectivity index (χ3n) is 2.38. The van der Waals surface area contributed by atoms with E-state index in [0.29, 0.717) is 5.76 Å².